The van der Waals surface area contributed by atoms with E-state index in [1.54, 1.807) is 45.0 Å². The van der Waals surface area contributed by atoms with Crippen molar-refractivity contribution in [3.05, 3.63) is 58.6 Å². The SMILES string of the molecule is COc1cc(C(C(=O)NC(C)(C)C)N(C(=O)c2snc(C(N)=O)c2N)c2ccccc2OC)ccc1O. The van der Waals surface area contributed by atoms with Crippen molar-refractivity contribution in [3.8, 4) is 17.2 Å². The van der Waals surface area contributed by atoms with E-state index in [4.69, 9.17) is 20.9 Å². The van der Waals surface area contributed by atoms with Crippen LogP contribution in [0.5, 0.6) is 17.2 Å². The summed E-state index contributed by atoms with van der Waals surface area (Å²) in [6.07, 6.45) is 0. The Morgan fingerprint density at radius 2 is 1.73 bits per heavy atom. The van der Waals surface area contributed by atoms with Crippen LogP contribution in [-0.4, -0.2) is 47.0 Å². The Hall–Kier alpha value is -4.32. The van der Waals surface area contributed by atoms with Crippen molar-refractivity contribution in [2.24, 2.45) is 5.73 Å². The molecule has 0 aliphatic carbocycles. The molecule has 0 saturated carbocycles. The lowest BCUT2D eigenvalue weighted by Crippen LogP contribution is -2.49. The van der Waals surface area contributed by atoms with Gasteiger partial charge in [0, 0.05) is 5.54 Å². The van der Waals surface area contributed by atoms with Crippen LogP contribution in [0.4, 0.5) is 11.4 Å². The lowest BCUT2D eigenvalue weighted by atomic mass is 9.99. The number of nitrogens with zero attached hydrogens (tertiary/aromatic N) is 2. The molecule has 37 heavy (non-hydrogen) atoms. The molecule has 0 fully saturated rings. The topological polar surface area (TPSA) is 170 Å². The first kappa shape index (κ1) is 27.3. The number of nitrogens with two attached hydrogens (primary N) is 2. The number of phenolic OH excluding ortho intramolecular Hbond substituents is 1. The zero-order valence-electron chi connectivity index (χ0n) is 21.1. The number of para-hydroxylation sites is 2. The molecule has 3 amide bonds. The highest BCUT2D eigenvalue weighted by Crippen LogP contribution is 2.39. The Morgan fingerprint density at radius 1 is 1.08 bits per heavy atom. The molecule has 0 aliphatic heterocycles. The predicted molar refractivity (Wildman–Crippen MR) is 140 cm³/mol. The van der Waals surface area contributed by atoms with Gasteiger partial charge in [0.1, 0.15) is 16.7 Å². The molecule has 1 atom stereocenters. The molecular formula is C25H29N5O6S. The van der Waals surface area contributed by atoms with Gasteiger partial charge >= 0.3 is 0 Å². The van der Waals surface area contributed by atoms with Crippen LogP contribution in [0.15, 0.2) is 42.5 Å². The number of carbonyl (C=O) groups excluding carboxylic acids is 3. The van der Waals surface area contributed by atoms with E-state index in [2.05, 4.69) is 9.69 Å². The number of primary amides is 1. The number of benzene rings is 2. The summed E-state index contributed by atoms with van der Waals surface area (Å²) >= 11 is 0.692. The minimum absolute atomic E-state index is 0.0843. The number of aromatic nitrogens is 1. The number of carbonyl (C=O) groups is 3. The number of hydrogen-bond donors (Lipinski definition) is 4. The van der Waals surface area contributed by atoms with Crippen molar-refractivity contribution in [1.29, 1.82) is 0 Å². The second-order valence-corrected chi connectivity index (χ2v) is 9.83. The minimum atomic E-state index is -1.28. The fourth-order valence-corrected chi connectivity index (χ4v) is 4.40. The third-order valence-electron chi connectivity index (χ3n) is 5.24. The maximum Gasteiger partial charge on any atom is 0.273 e. The average molecular weight is 528 g/mol. The van der Waals surface area contributed by atoms with Crippen molar-refractivity contribution in [2.45, 2.75) is 32.4 Å². The normalized spacial score (nSPS) is 11.9. The molecule has 0 radical (unpaired) electrons. The lowest BCUT2D eigenvalue weighted by molar-refractivity contribution is -0.123. The number of phenols is 1. The van der Waals surface area contributed by atoms with Gasteiger partial charge in [-0.1, -0.05) is 18.2 Å². The van der Waals surface area contributed by atoms with Crippen LogP contribution in [0.2, 0.25) is 0 Å². The summed E-state index contributed by atoms with van der Waals surface area (Å²) in [5, 5.41) is 13.1. The summed E-state index contributed by atoms with van der Waals surface area (Å²) < 4.78 is 14.7. The zero-order chi connectivity index (χ0) is 27.5. The Balaban J connectivity index is 2.33. The largest absolute Gasteiger partial charge is 0.504 e. The van der Waals surface area contributed by atoms with Crippen molar-refractivity contribution in [2.75, 3.05) is 24.9 Å². The number of methoxy groups -OCH3 is 2. The number of hydrogen-bond acceptors (Lipinski definition) is 9. The van der Waals surface area contributed by atoms with Gasteiger partial charge in [-0.05, 0) is 62.1 Å². The van der Waals surface area contributed by atoms with Crippen LogP contribution in [0, 0.1) is 0 Å². The van der Waals surface area contributed by atoms with Crippen molar-refractivity contribution < 1.29 is 29.0 Å². The Bertz CT molecular complexity index is 1330. The summed E-state index contributed by atoms with van der Waals surface area (Å²) in [7, 11) is 2.80. The van der Waals surface area contributed by atoms with E-state index in [1.165, 1.54) is 37.3 Å². The van der Waals surface area contributed by atoms with Crippen molar-refractivity contribution in [3.63, 3.8) is 0 Å². The van der Waals surface area contributed by atoms with E-state index in [9.17, 15) is 19.5 Å². The first-order valence-corrected chi connectivity index (χ1v) is 11.9. The summed E-state index contributed by atoms with van der Waals surface area (Å²) in [5.41, 5.74) is 10.9. The number of ether oxygens (including phenoxy) is 2. The summed E-state index contributed by atoms with van der Waals surface area (Å²) in [4.78, 5) is 40.8. The third kappa shape index (κ3) is 5.75. The van der Waals surface area contributed by atoms with E-state index in [0.29, 0.717) is 22.8 Å². The van der Waals surface area contributed by atoms with Crippen LogP contribution in [0.3, 0.4) is 0 Å². The molecule has 0 bridgehead atoms. The number of nitrogens with one attached hydrogen (secondary N) is 1. The molecular weight excluding hydrogens is 498 g/mol. The Morgan fingerprint density at radius 3 is 2.30 bits per heavy atom. The van der Waals surface area contributed by atoms with E-state index < -0.39 is 29.3 Å². The fraction of sp³-hybridized carbons (Fsp3) is 0.280. The standard InChI is InChI=1S/C25H29N5O6S/c1-25(2,3)28-23(33)20(13-10-11-15(31)17(12-13)36-5)30(14-8-6-7-9-16(14)35-4)24(34)21-18(26)19(22(27)32)29-37-21/h6-12,20,31H,26H2,1-5H3,(H2,27,32)(H,28,33). The second-order valence-electron chi connectivity index (χ2n) is 9.06. The maximum atomic E-state index is 14.1. The highest BCUT2D eigenvalue weighted by atomic mass is 32.1. The molecule has 1 heterocycles. The van der Waals surface area contributed by atoms with Crippen LogP contribution >= 0.6 is 11.5 Å². The highest BCUT2D eigenvalue weighted by Gasteiger charge is 2.38. The first-order valence-electron chi connectivity index (χ1n) is 11.1. The molecule has 6 N–H and O–H groups in total. The molecule has 0 aliphatic rings. The smallest absolute Gasteiger partial charge is 0.273 e. The zero-order valence-corrected chi connectivity index (χ0v) is 21.9. The Kier molecular flexibility index (Phi) is 7.92. The molecule has 1 aromatic heterocycles. The van der Waals surface area contributed by atoms with Gasteiger partial charge in [-0.15, -0.1) is 0 Å². The average Bonchev–Trinajstić information content (AvgIpc) is 3.23. The molecule has 3 rings (SSSR count). The number of amides is 3. The predicted octanol–water partition coefficient (Wildman–Crippen LogP) is 2.85. The summed E-state index contributed by atoms with van der Waals surface area (Å²) in [6.45, 7) is 5.40. The molecule has 0 saturated heterocycles. The first-order chi connectivity index (χ1) is 17.4. The van der Waals surface area contributed by atoms with Crippen LogP contribution in [-0.2, 0) is 4.79 Å². The van der Waals surface area contributed by atoms with Gasteiger partial charge in [-0.25, -0.2) is 0 Å². The Labute approximate surface area is 218 Å². The third-order valence-corrected chi connectivity index (χ3v) is 6.09. The maximum absolute atomic E-state index is 14.1. The van der Waals surface area contributed by atoms with Gasteiger partial charge < -0.3 is 31.4 Å². The van der Waals surface area contributed by atoms with Gasteiger partial charge in [-0.3, -0.25) is 19.3 Å². The molecule has 11 nitrogen and oxygen atoms in total. The van der Waals surface area contributed by atoms with E-state index in [1.807, 2.05) is 0 Å². The number of nitrogen functional groups attached to an aromatic ring is 1. The minimum Gasteiger partial charge on any atom is -0.504 e. The van der Waals surface area contributed by atoms with Gasteiger partial charge in [0.05, 0.1) is 25.6 Å². The van der Waals surface area contributed by atoms with Gasteiger partial charge in [0.2, 0.25) is 5.91 Å². The molecule has 2 aromatic carbocycles. The van der Waals surface area contributed by atoms with Crippen LogP contribution in [0.1, 0.15) is 52.5 Å². The van der Waals surface area contributed by atoms with Gasteiger partial charge in [0.15, 0.2) is 17.2 Å². The highest BCUT2D eigenvalue weighted by molar-refractivity contribution is 7.09. The lowest BCUT2D eigenvalue weighted by Gasteiger charge is -2.34. The molecule has 0 spiro atoms. The molecule has 12 heteroatoms. The molecule has 1 unspecified atom stereocenters. The molecule has 196 valence electrons. The number of aromatic hydroxyl groups is 1. The van der Waals surface area contributed by atoms with Crippen molar-refractivity contribution in [1.82, 2.24) is 9.69 Å². The summed E-state index contributed by atoms with van der Waals surface area (Å²) in [6, 6.07) is 9.69. The summed E-state index contributed by atoms with van der Waals surface area (Å²) in [5.74, 6) is -1.87. The van der Waals surface area contributed by atoms with E-state index >= 15 is 0 Å². The van der Waals surface area contributed by atoms with Crippen LogP contribution < -0.4 is 31.2 Å². The van der Waals surface area contributed by atoms with Gasteiger partial charge in [-0.2, -0.15) is 4.37 Å². The fourth-order valence-electron chi connectivity index (χ4n) is 3.65. The van der Waals surface area contributed by atoms with Crippen molar-refractivity contribution >= 4 is 40.6 Å². The van der Waals surface area contributed by atoms with E-state index in [0.717, 1.165) is 0 Å². The van der Waals surface area contributed by atoms with Gasteiger partial charge in [0.25, 0.3) is 11.8 Å². The quantitative estimate of drug-likeness (QED) is 0.346. The van der Waals surface area contributed by atoms with E-state index in [-0.39, 0.29) is 33.4 Å². The van der Waals surface area contributed by atoms with Crippen LogP contribution in [0.25, 0.3) is 0 Å². The second kappa shape index (κ2) is 10.7. The number of anilines is 2. The molecule has 3 aromatic rings. The number of rotatable bonds is 8. The monoisotopic (exact) mass is 527 g/mol.